The molecule has 1 aliphatic rings. The smallest absolute Gasteiger partial charge is 0.0971 e. The summed E-state index contributed by atoms with van der Waals surface area (Å²) in [5.74, 6) is 0. The Labute approximate surface area is 107 Å². The van der Waals surface area contributed by atoms with Gasteiger partial charge in [-0.3, -0.25) is 9.58 Å². The van der Waals surface area contributed by atoms with Gasteiger partial charge >= 0.3 is 0 Å². The molecular formula is C11H21N5O2. The number of aromatic nitrogens is 3. The van der Waals surface area contributed by atoms with E-state index in [1.807, 2.05) is 10.9 Å². The lowest BCUT2D eigenvalue weighted by molar-refractivity contribution is -0.00461. The molecule has 2 N–H and O–H groups in total. The maximum atomic E-state index is 5.49. The third-order valence-electron chi connectivity index (χ3n) is 3.34. The van der Waals surface area contributed by atoms with Gasteiger partial charge in [-0.15, -0.1) is 5.10 Å². The number of nitrogens with zero attached hydrogens (tertiary/aromatic N) is 4. The zero-order chi connectivity index (χ0) is 13.0. The van der Waals surface area contributed by atoms with E-state index >= 15 is 0 Å². The fourth-order valence-electron chi connectivity index (χ4n) is 2.24. The Hall–Kier alpha value is -1.02. The lowest BCUT2D eigenvalue weighted by Crippen LogP contribution is -2.27. The molecule has 0 spiro atoms. The van der Waals surface area contributed by atoms with Gasteiger partial charge in [0.1, 0.15) is 0 Å². The minimum absolute atomic E-state index is 0.158. The Morgan fingerprint density at radius 2 is 1.94 bits per heavy atom. The fourth-order valence-corrected chi connectivity index (χ4v) is 2.24. The largest absolute Gasteiger partial charge is 0.377 e. The molecule has 2 rings (SSSR count). The number of nitrogens with two attached hydrogens (primary N) is 1. The molecule has 0 saturated carbocycles. The van der Waals surface area contributed by atoms with Gasteiger partial charge in [0.05, 0.1) is 24.4 Å². The summed E-state index contributed by atoms with van der Waals surface area (Å²) >= 11 is 0. The van der Waals surface area contributed by atoms with Gasteiger partial charge in [-0.1, -0.05) is 5.21 Å². The minimum atomic E-state index is 0.158. The molecule has 1 aromatic heterocycles. The van der Waals surface area contributed by atoms with Crippen molar-refractivity contribution >= 4 is 0 Å². The summed E-state index contributed by atoms with van der Waals surface area (Å²) in [6.45, 7) is 3.94. The van der Waals surface area contributed by atoms with Crippen LogP contribution in [0.3, 0.4) is 0 Å². The zero-order valence-corrected chi connectivity index (χ0v) is 11.0. The average Bonchev–Trinajstić information content (AvgIpc) is 3.02. The van der Waals surface area contributed by atoms with Crippen molar-refractivity contribution in [3.63, 3.8) is 0 Å². The van der Waals surface area contributed by atoms with Crippen LogP contribution in [-0.4, -0.2) is 66.0 Å². The van der Waals surface area contributed by atoms with Gasteiger partial charge in [0, 0.05) is 46.6 Å². The van der Waals surface area contributed by atoms with Gasteiger partial charge in [0.25, 0.3) is 0 Å². The summed E-state index contributed by atoms with van der Waals surface area (Å²) in [5.41, 5.74) is 6.31. The van der Waals surface area contributed by atoms with Crippen molar-refractivity contribution < 1.29 is 9.47 Å². The van der Waals surface area contributed by atoms with Crippen LogP contribution < -0.4 is 5.73 Å². The van der Waals surface area contributed by atoms with Gasteiger partial charge in [-0.2, -0.15) is 0 Å². The highest BCUT2D eigenvalue weighted by Crippen LogP contribution is 2.15. The van der Waals surface area contributed by atoms with Crippen molar-refractivity contribution in [2.24, 2.45) is 5.73 Å². The molecule has 0 radical (unpaired) electrons. The van der Waals surface area contributed by atoms with Crippen molar-refractivity contribution in [2.45, 2.75) is 25.3 Å². The van der Waals surface area contributed by atoms with E-state index < -0.39 is 0 Å². The molecule has 1 saturated heterocycles. The van der Waals surface area contributed by atoms with Gasteiger partial charge in [0.15, 0.2) is 0 Å². The van der Waals surface area contributed by atoms with Crippen LogP contribution in [-0.2, 0) is 22.6 Å². The van der Waals surface area contributed by atoms with Crippen molar-refractivity contribution in [3.8, 4) is 0 Å². The molecule has 0 aromatic carbocycles. The minimum Gasteiger partial charge on any atom is -0.377 e. The molecule has 2 unspecified atom stereocenters. The second kappa shape index (κ2) is 6.24. The summed E-state index contributed by atoms with van der Waals surface area (Å²) in [6, 6.07) is 0. The normalized spacial score (nSPS) is 24.8. The molecule has 2 atom stereocenters. The number of ether oxygens (including phenoxy) is 2. The Balaban J connectivity index is 1.80. The lowest BCUT2D eigenvalue weighted by Gasteiger charge is -2.14. The van der Waals surface area contributed by atoms with Crippen molar-refractivity contribution in [1.29, 1.82) is 0 Å². The van der Waals surface area contributed by atoms with Crippen LogP contribution in [0.4, 0.5) is 0 Å². The number of hydrogen-bond donors (Lipinski definition) is 1. The standard InChI is InChI=1S/C11H21N5O2/c1-17-10-7-15(8-11(10)18-2)3-4-16-6-9(5-12)13-14-16/h6,10-11H,3-5,7-8,12H2,1-2H3. The van der Waals surface area contributed by atoms with E-state index in [4.69, 9.17) is 15.2 Å². The maximum absolute atomic E-state index is 5.49. The number of hydrogen-bond acceptors (Lipinski definition) is 6. The van der Waals surface area contributed by atoms with E-state index in [1.165, 1.54) is 0 Å². The highest BCUT2D eigenvalue weighted by Gasteiger charge is 2.32. The summed E-state index contributed by atoms with van der Waals surface area (Å²) in [5, 5.41) is 7.99. The van der Waals surface area contributed by atoms with Crippen molar-refractivity contribution in [2.75, 3.05) is 33.9 Å². The molecule has 18 heavy (non-hydrogen) atoms. The highest BCUT2D eigenvalue weighted by molar-refractivity contribution is 4.91. The van der Waals surface area contributed by atoms with E-state index in [0.717, 1.165) is 31.9 Å². The predicted octanol–water partition coefficient (Wildman–Crippen LogP) is -0.918. The van der Waals surface area contributed by atoms with Crippen LogP contribution in [0.15, 0.2) is 6.20 Å². The average molecular weight is 255 g/mol. The monoisotopic (exact) mass is 255 g/mol. The number of methoxy groups -OCH3 is 2. The van der Waals surface area contributed by atoms with Crippen molar-refractivity contribution in [3.05, 3.63) is 11.9 Å². The van der Waals surface area contributed by atoms with Crippen LogP contribution in [0.1, 0.15) is 5.69 Å². The molecule has 0 bridgehead atoms. The first-order valence-corrected chi connectivity index (χ1v) is 6.13. The Morgan fingerprint density at radius 1 is 1.28 bits per heavy atom. The van der Waals surface area contributed by atoms with E-state index in [-0.39, 0.29) is 12.2 Å². The van der Waals surface area contributed by atoms with Crippen molar-refractivity contribution in [1.82, 2.24) is 19.9 Å². The second-order valence-electron chi connectivity index (χ2n) is 4.48. The second-order valence-corrected chi connectivity index (χ2v) is 4.48. The van der Waals surface area contributed by atoms with E-state index in [9.17, 15) is 0 Å². The third-order valence-corrected chi connectivity index (χ3v) is 3.34. The number of likely N-dealkylation sites (tertiary alicyclic amines) is 1. The summed E-state index contributed by atoms with van der Waals surface area (Å²) in [6.07, 6.45) is 2.20. The summed E-state index contributed by atoms with van der Waals surface area (Å²) in [7, 11) is 3.45. The Morgan fingerprint density at radius 3 is 2.44 bits per heavy atom. The topological polar surface area (TPSA) is 78.4 Å². The maximum Gasteiger partial charge on any atom is 0.0971 e. The zero-order valence-electron chi connectivity index (χ0n) is 11.0. The van der Waals surface area contributed by atoms with Gasteiger partial charge in [0.2, 0.25) is 0 Å². The molecule has 1 fully saturated rings. The molecule has 1 aromatic rings. The SMILES string of the molecule is COC1CN(CCn2cc(CN)nn2)CC1OC. The first-order valence-electron chi connectivity index (χ1n) is 6.13. The van der Waals surface area contributed by atoms with Gasteiger partial charge in [-0.25, -0.2) is 0 Å². The Kier molecular flexibility index (Phi) is 4.65. The van der Waals surface area contributed by atoms with E-state index in [0.29, 0.717) is 6.54 Å². The predicted molar refractivity (Wildman–Crippen MR) is 65.9 cm³/mol. The third kappa shape index (κ3) is 3.05. The summed E-state index contributed by atoms with van der Waals surface area (Å²) in [4.78, 5) is 2.31. The quantitative estimate of drug-likeness (QED) is 0.708. The molecule has 2 heterocycles. The van der Waals surface area contributed by atoms with Crippen LogP contribution in [0.2, 0.25) is 0 Å². The van der Waals surface area contributed by atoms with Crippen LogP contribution in [0.5, 0.6) is 0 Å². The molecule has 0 amide bonds. The molecular weight excluding hydrogens is 234 g/mol. The van der Waals surface area contributed by atoms with Crippen LogP contribution >= 0.6 is 0 Å². The molecule has 102 valence electrons. The summed E-state index contributed by atoms with van der Waals surface area (Å²) < 4.78 is 12.6. The van der Waals surface area contributed by atoms with Gasteiger partial charge in [-0.05, 0) is 0 Å². The van der Waals surface area contributed by atoms with Crippen LogP contribution in [0, 0.1) is 0 Å². The fraction of sp³-hybridized carbons (Fsp3) is 0.818. The van der Waals surface area contributed by atoms with Gasteiger partial charge < -0.3 is 15.2 Å². The lowest BCUT2D eigenvalue weighted by atomic mass is 10.3. The number of rotatable bonds is 6. The van der Waals surface area contributed by atoms with Crippen LogP contribution in [0.25, 0.3) is 0 Å². The van der Waals surface area contributed by atoms with E-state index in [2.05, 4.69) is 15.2 Å². The Bertz CT molecular complexity index is 358. The first-order chi connectivity index (χ1) is 8.76. The molecule has 7 nitrogen and oxygen atoms in total. The van der Waals surface area contributed by atoms with E-state index in [1.54, 1.807) is 14.2 Å². The molecule has 7 heteroatoms. The first kappa shape index (κ1) is 13.4. The molecule has 1 aliphatic heterocycles. The molecule has 0 aliphatic carbocycles. The highest BCUT2D eigenvalue weighted by atomic mass is 16.5.